The molecule has 604 valence electrons. The molecule has 0 aromatic carbocycles. The van der Waals surface area contributed by atoms with Gasteiger partial charge in [-0.15, -0.1) is 0 Å². The molecule has 0 fully saturated rings. The van der Waals surface area contributed by atoms with Crippen LogP contribution in [0.4, 0.5) is 0 Å². The van der Waals surface area contributed by atoms with Crippen LogP contribution in [0.1, 0.15) is 463 Å². The van der Waals surface area contributed by atoms with Crippen LogP contribution in [0.25, 0.3) is 0 Å². The lowest BCUT2D eigenvalue weighted by molar-refractivity contribution is -0.870. The van der Waals surface area contributed by atoms with Gasteiger partial charge in [-0.3, -0.25) is 9.59 Å². The third-order valence-corrected chi connectivity index (χ3v) is 20.8. The van der Waals surface area contributed by atoms with Crippen molar-refractivity contribution < 1.29 is 42.9 Å². The summed E-state index contributed by atoms with van der Waals surface area (Å²) in [6.45, 7) is 4.72. The minimum Gasteiger partial charge on any atom is -0.545 e. The molecular formula is C94H175NO8. The van der Waals surface area contributed by atoms with E-state index < -0.39 is 24.3 Å². The number of carboxylic acids is 1. The summed E-state index contributed by atoms with van der Waals surface area (Å²) >= 11 is 0. The third kappa shape index (κ3) is 86.1. The topological polar surface area (TPSA) is 111 Å². The van der Waals surface area contributed by atoms with Gasteiger partial charge in [0.25, 0.3) is 0 Å². The number of esters is 2. The molecular weight excluding hydrogens is 1270 g/mol. The van der Waals surface area contributed by atoms with E-state index in [0.29, 0.717) is 17.4 Å². The predicted octanol–water partition coefficient (Wildman–Crippen LogP) is 28.4. The Morgan fingerprint density at radius 3 is 0.825 bits per heavy atom. The number of likely N-dealkylation sites (N-methyl/N-ethyl adjacent to an activating group) is 1. The van der Waals surface area contributed by atoms with Crippen molar-refractivity contribution in [2.24, 2.45) is 0 Å². The number of carbonyl (C=O) groups is 3. The van der Waals surface area contributed by atoms with Crippen LogP contribution in [0.3, 0.4) is 0 Å². The number of hydrogen-bond acceptors (Lipinski definition) is 8. The first-order valence-corrected chi connectivity index (χ1v) is 45.4. The number of hydrogen-bond donors (Lipinski definition) is 0. The van der Waals surface area contributed by atoms with E-state index in [-0.39, 0.29) is 32.2 Å². The van der Waals surface area contributed by atoms with Crippen molar-refractivity contribution in [3.05, 3.63) is 60.8 Å². The minimum absolute atomic E-state index is 0.151. The first-order valence-electron chi connectivity index (χ1n) is 45.4. The predicted molar refractivity (Wildman–Crippen MR) is 445 cm³/mol. The zero-order chi connectivity index (χ0) is 74.6. The number of unbranched alkanes of at least 4 members (excludes halogenated alkanes) is 61. The first-order chi connectivity index (χ1) is 50.6. The van der Waals surface area contributed by atoms with Gasteiger partial charge >= 0.3 is 11.9 Å². The van der Waals surface area contributed by atoms with Crippen LogP contribution < -0.4 is 5.11 Å². The Balaban J connectivity index is 3.89. The highest BCUT2D eigenvalue weighted by Crippen LogP contribution is 2.21. The number of quaternary nitrogens is 1. The quantitative estimate of drug-likeness (QED) is 0.0195. The van der Waals surface area contributed by atoms with Crippen LogP contribution in [-0.4, -0.2) is 82.3 Å². The van der Waals surface area contributed by atoms with Crippen molar-refractivity contribution in [2.75, 3.05) is 47.5 Å². The third-order valence-electron chi connectivity index (χ3n) is 20.8. The van der Waals surface area contributed by atoms with Gasteiger partial charge < -0.3 is 33.3 Å². The fourth-order valence-corrected chi connectivity index (χ4v) is 13.9. The standard InChI is InChI=1S/C94H175NO8/c1-6-8-10-12-14-16-18-20-22-24-26-28-30-32-34-36-38-40-42-44-45-46-47-49-51-53-55-57-59-61-63-65-67-69-71-73-75-77-79-81-83-85-92(97)103-90(89-102-94(93(98)99)100-87-86-95(3,4)5)88-101-91(96)84-82-80-78-76-74-72-70-68-66-64-62-60-58-56-54-52-50-48-43-41-39-37-35-33-31-29-27-25-23-21-19-17-15-13-11-9-7-2/h8,10,14,16,20,22,26,28,32,34,90,94H,6-7,9,11-13,15,17-19,21,23-25,27,29-31,33,35-89H2,1-5H3/b10-8-,16-14-,22-20-,28-26-,34-32-. The highest BCUT2D eigenvalue weighted by atomic mass is 16.7. The molecule has 0 aliphatic carbocycles. The Labute approximate surface area is 641 Å². The Morgan fingerprint density at radius 1 is 0.301 bits per heavy atom. The molecule has 0 N–H and O–H groups in total. The summed E-state index contributed by atoms with van der Waals surface area (Å²) in [5.74, 6) is -2.24. The number of carbonyl (C=O) groups excluding carboxylic acids is 3. The lowest BCUT2D eigenvalue weighted by atomic mass is 10.0. The molecule has 0 saturated carbocycles. The summed E-state index contributed by atoms with van der Waals surface area (Å²) in [5, 5.41) is 11.9. The van der Waals surface area contributed by atoms with E-state index in [2.05, 4.69) is 74.6 Å². The van der Waals surface area contributed by atoms with Crippen LogP contribution >= 0.6 is 0 Å². The zero-order valence-corrected chi connectivity index (χ0v) is 69.5. The van der Waals surface area contributed by atoms with E-state index in [1.807, 2.05) is 21.1 Å². The lowest BCUT2D eigenvalue weighted by Crippen LogP contribution is -2.44. The molecule has 9 nitrogen and oxygen atoms in total. The molecule has 9 heteroatoms. The summed E-state index contributed by atoms with van der Waals surface area (Å²) < 4.78 is 22.9. The number of allylic oxidation sites excluding steroid dienone is 10. The van der Waals surface area contributed by atoms with E-state index in [1.165, 1.54) is 366 Å². The van der Waals surface area contributed by atoms with Crippen molar-refractivity contribution >= 4 is 17.9 Å². The zero-order valence-electron chi connectivity index (χ0n) is 69.5. The molecule has 0 aliphatic rings. The van der Waals surface area contributed by atoms with Crippen molar-refractivity contribution in [3.63, 3.8) is 0 Å². The average Bonchev–Trinajstić information content (AvgIpc) is 1.01. The van der Waals surface area contributed by atoms with E-state index in [1.54, 1.807) is 0 Å². The number of carboxylic acid groups (broad SMARTS) is 1. The summed E-state index contributed by atoms with van der Waals surface area (Å²) in [7, 11) is 5.96. The van der Waals surface area contributed by atoms with E-state index >= 15 is 0 Å². The van der Waals surface area contributed by atoms with Crippen LogP contribution in [0.15, 0.2) is 60.8 Å². The monoisotopic (exact) mass is 1450 g/mol. The molecule has 0 rings (SSSR count). The van der Waals surface area contributed by atoms with Gasteiger partial charge in [-0.1, -0.05) is 453 Å². The SMILES string of the molecule is CC/C=C\C/C=C\C/C=C\C/C=C\C/C=C\CCCCCCCCCCCCCCCCCCCCCCCCCCCC(=O)OC(COC(=O)CCCCCCCCCCCCCCCCCCCCCCCCCCCCCCCCCCCCCCC)COC(OCC[N+](C)(C)C)C(=O)[O-]. The number of aliphatic carboxylic acids is 1. The Morgan fingerprint density at radius 2 is 0.553 bits per heavy atom. The highest BCUT2D eigenvalue weighted by molar-refractivity contribution is 5.70. The van der Waals surface area contributed by atoms with Gasteiger partial charge in [0.1, 0.15) is 13.2 Å². The molecule has 0 aliphatic heterocycles. The molecule has 103 heavy (non-hydrogen) atoms. The van der Waals surface area contributed by atoms with Crippen molar-refractivity contribution in [1.82, 2.24) is 0 Å². The van der Waals surface area contributed by atoms with E-state index in [0.717, 1.165) is 70.6 Å². The Hall–Kier alpha value is -3.01. The number of rotatable bonds is 86. The maximum absolute atomic E-state index is 13.0. The molecule has 0 saturated heterocycles. The molecule has 0 aromatic rings. The minimum atomic E-state index is -1.62. The van der Waals surface area contributed by atoms with E-state index in [9.17, 15) is 19.5 Å². The molecule has 2 unspecified atom stereocenters. The second-order valence-electron chi connectivity index (χ2n) is 32.2. The molecule has 0 radical (unpaired) electrons. The second-order valence-corrected chi connectivity index (χ2v) is 32.2. The normalized spacial score (nSPS) is 12.8. The molecule has 2 atom stereocenters. The highest BCUT2D eigenvalue weighted by Gasteiger charge is 2.22. The van der Waals surface area contributed by atoms with Gasteiger partial charge in [0.15, 0.2) is 12.4 Å². The van der Waals surface area contributed by atoms with Crippen molar-refractivity contribution in [1.29, 1.82) is 0 Å². The smallest absolute Gasteiger partial charge is 0.306 e. The maximum Gasteiger partial charge on any atom is 0.306 e. The van der Waals surface area contributed by atoms with Gasteiger partial charge in [-0.25, -0.2) is 0 Å². The van der Waals surface area contributed by atoms with E-state index in [4.69, 9.17) is 18.9 Å². The van der Waals surface area contributed by atoms with Crippen LogP contribution in [0.5, 0.6) is 0 Å². The maximum atomic E-state index is 13.0. The molecule has 0 amide bonds. The van der Waals surface area contributed by atoms with Crippen LogP contribution in [-0.2, 0) is 33.3 Å². The van der Waals surface area contributed by atoms with Gasteiger partial charge in [0, 0.05) is 12.8 Å². The fourth-order valence-electron chi connectivity index (χ4n) is 13.9. The van der Waals surface area contributed by atoms with Gasteiger partial charge in [-0.05, 0) is 57.8 Å². The summed E-state index contributed by atoms with van der Waals surface area (Å²) in [4.78, 5) is 37.7. The van der Waals surface area contributed by atoms with Gasteiger partial charge in [0.2, 0.25) is 0 Å². The Kier molecular flexibility index (Phi) is 82.1. The Bertz CT molecular complexity index is 1880. The van der Waals surface area contributed by atoms with Gasteiger partial charge in [-0.2, -0.15) is 0 Å². The summed E-state index contributed by atoms with van der Waals surface area (Å²) in [5.41, 5.74) is 0. The molecule has 0 bridgehead atoms. The lowest BCUT2D eigenvalue weighted by Gasteiger charge is -2.26. The van der Waals surface area contributed by atoms with Crippen molar-refractivity contribution in [3.8, 4) is 0 Å². The summed E-state index contributed by atoms with van der Waals surface area (Å²) in [6.07, 6.45) is 111. The molecule has 0 aromatic heterocycles. The molecule has 0 spiro atoms. The van der Waals surface area contributed by atoms with Gasteiger partial charge in [0.05, 0.1) is 40.3 Å². The number of nitrogens with zero attached hydrogens (tertiary/aromatic N) is 1. The average molecular weight is 1450 g/mol. The second kappa shape index (κ2) is 84.6. The largest absolute Gasteiger partial charge is 0.545 e. The van der Waals surface area contributed by atoms with Crippen LogP contribution in [0, 0.1) is 0 Å². The first kappa shape index (κ1) is 100.0. The molecule has 0 heterocycles. The fraction of sp³-hybridized carbons (Fsp3) is 0.862. The summed E-state index contributed by atoms with van der Waals surface area (Å²) in [6, 6.07) is 0. The van der Waals surface area contributed by atoms with Crippen LogP contribution in [0.2, 0.25) is 0 Å². The number of ether oxygens (including phenoxy) is 4. The van der Waals surface area contributed by atoms with Crippen molar-refractivity contribution in [2.45, 2.75) is 476 Å².